The van der Waals surface area contributed by atoms with E-state index in [0.717, 1.165) is 19.4 Å². The highest BCUT2D eigenvalue weighted by Gasteiger charge is 2.18. The minimum atomic E-state index is 0.112. The van der Waals surface area contributed by atoms with Crippen molar-refractivity contribution >= 4 is 5.91 Å². The first-order valence-electron chi connectivity index (χ1n) is 6.79. The SMILES string of the molecule is CC(C)NC(=O)CCn1cc2c(c1)C(N)CCC2. The Morgan fingerprint density at radius 1 is 1.56 bits per heavy atom. The lowest BCUT2D eigenvalue weighted by atomic mass is 9.92. The summed E-state index contributed by atoms with van der Waals surface area (Å²) in [7, 11) is 0. The van der Waals surface area contributed by atoms with E-state index in [-0.39, 0.29) is 18.0 Å². The molecule has 1 aliphatic rings. The number of carbonyl (C=O) groups is 1. The molecule has 0 saturated heterocycles. The Morgan fingerprint density at radius 2 is 2.33 bits per heavy atom. The number of carbonyl (C=O) groups excluding carboxylic acids is 1. The summed E-state index contributed by atoms with van der Waals surface area (Å²) in [6.07, 6.45) is 8.16. The van der Waals surface area contributed by atoms with Gasteiger partial charge in [0.1, 0.15) is 0 Å². The summed E-state index contributed by atoms with van der Waals surface area (Å²) < 4.78 is 2.11. The van der Waals surface area contributed by atoms with E-state index in [1.54, 1.807) is 0 Å². The van der Waals surface area contributed by atoms with Crippen molar-refractivity contribution in [3.63, 3.8) is 0 Å². The molecule has 1 amide bonds. The summed E-state index contributed by atoms with van der Waals surface area (Å²) in [5.74, 6) is 0.112. The molecule has 100 valence electrons. The van der Waals surface area contributed by atoms with E-state index in [4.69, 9.17) is 5.73 Å². The molecule has 4 nitrogen and oxygen atoms in total. The summed E-state index contributed by atoms with van der Waals surface area (Å²) in [5.41, 5.74) is 8.72. The van der Waals surface area contributed by atoms with Gasteiger partial charge in [-0.3, -0.25) is 4.79 Å². The number of hydrogen-bond acceptors (Lipinski definition) is 2. The summed E-state index contributed by atoms with van der Waals surface area (Å²) in [6.45, 7) is 4.69. The quantitative estimate of drug-likeness (QED) is 0.854. The smallest absolute Gasteiger partial charge is 0.221 e. The molecule has 0 fully saturated rings. The fourth-order valence-electron chi connectivity index (χ4n) is 2.54. The molecular formula is C14H23N3O. The molecule has 0 spiro atoms. The minimum Gasteiger partial charge on any atom is -0.354 e. The van der Waals surface area contributed by atoms with Gasteiger partial charge in [-0.15, -0.1) is 0 Å². The van der Waals surface area contributed by atoms with Gasteiger partial charge in [-0.1, -0.05) is 0 Å². The highest BCUT2D eigenvalue weighted by Crippen LogP contribution is 2.28. The standard InChI is InChI=1S/C14H23N3O/c1-10(2)16-14(18)6-7-17-8-11-4-3-5-13(15)12(11)9-17/h8-10,13H,3-7,15H2,1-2H3,(H,16,18). The molecule has 1 aromatic heterocycles. The molecule has 18 heavy (non-hydrogen) atoms. The lowest BCUT2D eigenvalue weighted by molar-refractivity contribution is -0.121. The Morgan fingerprint density at radius 3 is 3.00 bits per heavy atom. The summed E-state index contributed by atoms with van der Waals surface area (Å²) in [5, 5.41) is 2.91. The van der Waals surface area contributed by atoms with Crippen LogP contribution in [-0.2, 0) is 17.8 Å². The molecule has 0 aliphatic heterocycles. The second kappa shape index (κ2) is 5.57. The van der Waals surface area contributed by atoms with Crippen LogP contribution in [0.3, 0.4) is 0 Å². The van der Waals surface area contributed by atoms with Gasteiger partial charge in [0.25, 0.3) is 0 Å². The first-order valence-corrected chi connectivity index (χ1v) is 6.79. The number of amides is 1. The zero-order chi connectivity index (χ0) is 13.1. The normalized spacial score (nSPS) is 18.8. The van der Waals surface area contributed by atoms with Crippen LogP contribution < -0.4 is 11.1 Å². The second-order valence-corrected chi connectivity index (χ2v) is 5.45. The largest absolute Gasteiger partial charge is 0.354 e. The van der Waals surface area contributed by atoms with E-state index in [2.05, 4.69) is 22.3 Å². The van der Waals surface area contributed by atoms with Crippen molar-refractivity contribution in [2.45, 2.75) is 58.2 Å². The van der Waals surface area contributed by atoms with Crippen molar-refractivity contribution in [2.75, 3.05) is 0 Å². The van der Waals surface area contributed by atoms with E-state index in [1.165, 1.54) is 17.5 Å². The van der Waals surface area contributed by atoms with E-state index >= 15 is 0 Å². The van der Waals surface area contributed by atoms with Crippen LogP contribution in [-0.4, -0.2) is 16.5 Å². The number of fused-ring (bicyclic) bond motifs is 1. The molecule has 1 aromatic rings. The van der Waals surface area contributed by atoms with E-state index in [9.17, 15) is 4.79 Å². The molecule has 1 heterocycles. The number of nitrogens with two attached hydrogens (primary N) is 1. The van der Waals surface area contributed by atoms with Crippen molar-refractivity contribution < 1.29 is 4.79 Å². The van der Waals surface area contributed by atoms with Crippen LogP contribution in [0.15, 0.2) is 12.4 Å². The van der Waals surface area contributed by atoms with Crippen LogP contribution in [0.5, 0.6) is 0 Å². The van der Waals surface area contributed by atoms with Gasteiger partial charge in [-0.2, -0.15) is 0 Å². The van der Waals surface area contributed by atoms with Crippen LogP contribution in [0, 0.1) is 0 Å². The highest BCUT2D eigenvalue weighted by molar-refractivity contribution is 5.76. The summed E-state index contributed by atoms with van der Waals surface area (Å²) >= 11 is 0. The Balaban J connectivity index is 1.93. The van der Waals surface area contributed by atoms with Crippen LogP contribution in [0.4, 0.5) is 0 Å². The lowest BCUT2D eigenvalue weighted by Crippen LogP contribution is -2.30. The molecule has 1 unspecified atom stereocenters. The Labute approximate surface area is 109 Å². The second-order valence-electron chi connectivity index (χ2n) is 5.45. The Kier molecular flexibility index (Phi) is 4.07. The minimum absolute atomic E-state index is 0.112. The number of nitrogens with zero attached hydrogens (tertiary/aromatic N) is 1. The molecule has 1 aliphatic carbocycles. The van der Waals surface area contributed by atoms with E-state index in [0.29, 0.717) is 6.42 Å². The third-order valence-electron chi connectivity index (χ3n) is 3.40. The predicted molar refractivity (Wildman–Crippen MR) is 72.2 cm³/mol. The topological polar surface area (TPSA) is 60.0 Å². The average Bonchev–Trinajstić information content (AvgIpc) is 2.70. The molecule has 4 heteroatoms. The number of rotatable bonds is 4. The van der Waals surface area contributed by atoms with Crippen LogP contribution in [0.25, 0.3) is 0 Å². The number of hydrogen-bond donors (Lipinski definition) is 2. The third-order valence-corrected chi connectivity index (χ3v) is 3.40. The third kappa shape index (κ3) is 3.13. The van der Waals surface area contributed by atoms with Gasteiger partial charge in [-0.25, -0.2) is 0 Å². The maximum Gasteiger partial charge on any atom is 0.221 e. The Hall–Kier alpha value is -1.29. The molecule has 3 N–H and O–H groups in total. The summed E-state index contributed by atoms with van der Waals surface area (Å²) in [4.78, 5) is 11.6. The molecule has 0 bridgehead atoms. The van der Waals surface area contributed by atoms with Crippen molar-refractivity contribution in [3.05, 3.63) is 23.5 Å². The van der Waals surface area contributed by atoms with Gasteiger partial charge in [0.05, 0.1) is 0 Å². The van der Waals surface area contributed by atoms with E-state index < -0.39 is 0 Å². The van der Waals surface area contributed by atoms with Gasteiger partial charge >= 0.3 is 0 Å². The first-order chi connectivity index (χ1) is 8.56. The maximum absolute atomic E-state index is 11.6. The lowest BCUT2D eigenvalue weighted by Gasteiger charge is -2.17. The summed E-state index contributed by atoms with van der Waals surface area (Å²) in [6, 6.07) is 0.392. The number of nitrogens with one attached hydrogen (secondary N) is 1. The van der Waals surface area contributed by atoms with Crippen molar-refractivity contribution in [3.8, 4) is 0 Å². The maximum atomic E-state index is 11.6. The fourth-order valence-corrected chi connectivity index (χ4v) is 2.54. The number of aromatic nitrogens is 1. The highest BCUT2D eigenvalue weighted by atomic mass is 16.1. The van der Waals surface area contributed by atoms with Gasteiger partial charge in [0.15, 0.2) is 0 Å². The monoisotopic (exact) mass is 249 g/mol. The van der Waals surface area contributed by atoms with Gasteiger partial charge in [0.2, 0.25) is 5.91 Å². The average molecular weight is 249 g/mol. The first kappa shape index (κ1) is 13.1. The Bertz CT molecular complexity index is 423. The van der Waals surface area contributed by atoms with Gasteiger partial charge in [0, 0.05) is 37.4 Å². The zero-order valence-corrected chi connectivity index (χ0v) is 11.3. The van der Waals surface area contributed by atoms with Gasteiger partial charge < -0.3 is 15.6 Å². The fraction of sp³-hybridized carbons (Fsp3) is 0.643. The molecule has 0 aromatic carbocycles. The van der Waals surface area contributed by atoms with Gasteiger partial charge in [-0.05, 0) is 44.2 Å². The van der Waals surface area contributed by atoms with Crippen LogP contribution >= 0.6 is 0 Å². The molecule has 0 saturated carbocycles. The zero-order valence-electron chi connectivity index (χ0n) is 11.3. The van der Waals surface area contributed by atoms with Crippen molar-refractivity contribution in [1.82, 2.24) is 9.88 Å². The molecular weight excluding hydrogens is 226 g/mol. The molecule has 0 radical (unpaired) electrons. The van der Waals surface area contributed by atoms with Crippen molar-refractivity contribution in [2.24, 2.45) is 5.73 Å². The number of aryl methyl sites for hydroxylation is 2. The molecule has 1 atom stereocenters. The van der Waals surface area contributed by atoms with E-state index in [1.807, 2.05) is 13.8 Å². The van der Waals surface area contributed by atoms with Crippen molar-refractivity contribution in [1.29, 1.82) is 0 Å². The predicted octanol–water partition coefficient (Wildman–Crippen LogP) is 1.74. The molecule has 2 rings (SSSR count). The van der Waals surface area contributed by atoms with Crippen LogP contribution in [0.2, 0.25) is 0 Å². The van der Waals surface area contributed by atoms with Crippen LogP contribution in [0.1, 0.15) is 50.3 Å².